The number of methoxy groups -OCH3 is 1. The monoisotopic (exact) mass is 266 g/mol. The van der Waals surface area contributed by atoms with Gasteiger partial charge in [-0.15, -0.1) is 0 Å². The Balaban J connectivity index is 2.26. The number of aryl methyl sites for hydroxylation is 1. The molecule has 0 fully saturated rings. The Bertz CT molecular complexity index is 404. The van der Waals surface area contributed by atoms with Gasteiger partial charge < -0.3 is 15.8 Å². The molecular formula is C13H18N2O2S. The Kier molecular flexibility index (Phi) is 6.14. The van der Waals surface area contributed by atoms with Crippen LogP contribution >= 0.6 is 12.2 Å². The van der Waals surface area contributed by atoms with E-state index < -0.39 is 0 Å². The quantitative estimate of drug-likeness (QED) is 0.733. The van der Waals surface area contributed by atoms with Gasteiger partial charge in [0, 0.05) is 19.4 Å². The topological polar surface area (TPSA) is 64.3 Å². The van der Waals surface area contributed by atoms with Gasteiger partial charge in [0.25, 0.3) is 0 Å². The number of benzene rings is 1. The Morgan fingerprint density at radius 1 is 1.33 bits per heavy atom. The molecule has 5 heteroatoms. The van der Waals surface area contributed by atoms with Crippen LogP contribution in [-0.2, 0) is 11.2 Å². The van der Waals surface area contributed by atoms with E-state index in [1.54, 1.807) is 7.11 Å². The van der Waals surface area contributed by atoms with Crippen LogP contribution in [0.3, 0.4) is 0 Å². The van der Waals surface area contributed by atoms with Crippen molar-refractivity contribution < 1.29 is 9.53 Å². The summed E-state index contributed by atoms with van der Waals surface area (Å²) in [5.41, 5.74) is 6.45. The van der Waals surface area contributed by atoms with Gasteiger partial charge in [0.15, 0.2) is 0 Å². The second-order valence-corrected chi connectivity index (χ2v) is 4.44. The van der Waals surface area contributed by atoms with E-state index >= 15 is 0 Å². The molecule has 0 spiro atoms. The summed E-state index contributed by atoms with van der Waals surface area (Å²) in [4.78, 5) is 11.9. The lowest BCUT2D eigenvalue weighted by Gasteiger charge is -2.05. The zero-order chi connectivity index (χ0) is 13.4. The second kappa shape index (κ2) is 7.66. The molecule has 3 N–H and O–H groups in total. The van der Waals surface area contributed by atoms with Crippen molar-refractivity contribution in [2.75, 3.05) is 13.7 Å². The van der Waals surface area contributed by atoms with Gasteiger partial charge in [-0.05, 0) is 24.1 Å². The minimum atomic E-state index is 0.0158. The van der Waals surface area contributed by atoms with E-state index in [2.05, 4.69) is 5.32 Å². The molecule has 1 aromatic carbocycles. The number of rotatable bonds is 7. The summed E-state index contributed by atoms with van der Waals surface area (Å²) < 4.78 is 5.07. The van der Waals surface area contributed by atoms with E-state index in [4.69, 9.17) is 22.7 Å². The first-order valence-electron chi connectivity index (χ1n) is 5.79. The molecule has 1 aromatic rings. The van der Waals surface area contributed by atoms with Gasteiger partial charge in [-0.2, -0.15) is 0 Å². The molecule has 0 bridgehead atoms. The van der Waals surface area contributed by atoms with E-state index in [1.807, 2.05) is 24.3 Å². The van der Waals surface area contributed by atoms with Crippen LogP contribution < -0.4 is 15.8 Å². The average molecular weight is 266 g/mol. The minimum Gasteiger partial charge on any atom is -0.497 e. The third-order valence-corrected chi connectivity index (χ3v) is 2.70. The van der Waals surface area contributed by atoms with Crippen molar-refractivity contribution in [1.82, 2.24) is 5.32 Å². The van der Waals surface area contributed by atoms with Crippen LogP contribution in [0.2, 0.25) is 0 Å². The summed E-state index contributed by atoms with van der Waals surface area (Å²) in [6.45, 7) is 0.511. The predicted molar refractivity (Wildman–Crippen MR) is 75.7 cm³/mol. The van der Waals surface area contributed by atoms with Crippen LogP contribution in [0.15, 0.2) is 24.3 Å². The first-order chi connectivity index (χ1) is 8.61. The number of ether oxygens (including phenoxy) is 1. The highest BCUT2D eigenvalue weighted by atomic mass is 32.1. The third-order valence-electron chi connectivity index (χ3n) is 2.49. The number of carbonyl (C=O) groups is 1. The molecule has 0 saturated heterocycles. The smallest absolute Gasteiger partial charge is 0.220 e. The van der Waals surface area contributed by atoms with Crippen LogP contribution in [0.1, 0.15) is 18.4 Å². The van der Waals surface area contributed by atoms with Crippen molar-refractivity contribution in [3.63, 3.8) is 0 Å². The Hall–Kier alpha value is -1.62. The van der Waals surface area contributed by atoms with Crippen molar-refractivity contribution in [3.8, 4) is 5.75 Å². The summed E-state index contributed by atoms with van der Waals surface area (Å²) in [7, 11) is 1.63. The normalized spacial score (nSPS) is 9.83. The van der Waals surface area contributed by atoms with Crippen molar-refractivity contribution in [2.24, 2.45) is 5.73 Å². The first-order valence-corrected chi connectivity index (χ1v) is 6.20. The highest BCUT2D eigenvalue weighted by molar-refractivity contribution is 7.80. The van der Waals surface area contributed by atoms with Crippen molar-refractivity contribution in [3.05, 3.63) is 29.8 Å². The number of amides is 1. The van der Waals surface area contributed by atoms with Gasteiger partial charge in [-0.1, -0.05) is 24.4 Å². The number of hydrogen-bond acceptors (Lipinski definition) is 3. The lowest BCUT2D eigenvalue weighted by Crippen LogP contribution is -2.27. The maximum absolute atomic E-state index is 11.5. The molecule has 0 atom stereocenters. The lowest BCUT2D eigenvalue weighted by atomic mass is 10.1. The van der Waals surface area contributed by atoms with Crippen molar-refractivity contribution in [1.29, 1.82) is 0 Å². The molecule has 4 nitrogen and oxygen atoms in total. The number of hydrogen-bond donors (Lipinski definition) is 2. The molecule has 98 valence electrons. The summed E-state index contributed by atoms with van der Waals surface area (Å²) in [6.07, 6.45) is 1.72. The Morgan fingerprint density at radius 3 is 2.56 bits per heavy atom. The zero-order valence-electron chi connectivity index (χ0n) is 10.4. The summed E-state index contributed by atoms with van der Waals surface area (Å²) >= 11 is 4.73. The predicted octanol–water partition coefficient (Wildman–Crippen LogP) is 1.42. The summed E-state index contributed by atoms with van der Waals surface area (Å²) in [5.74, 6) is 0.835. The highest BCUT2D eigenvalue weighted by Gasteiger charge is 2.02. The molecule has 1 amide bonds. The van der Waals surface area contributed by atoms with E-state index in [0.29, 0.717) is 30.8 Å². The van der Waals surface area contributed by atoms with Gasteiger partial charge in [0.05, 0.1) is 12.1 Å². The standard InChI is InChI=1S/C13H18N2O2S/c1-17-11-5-2-10(3-6-11)4-7-13(16)15-9-8-12(14)18/h2-3,5-6H,4,7-9H2,1H3,(H2,14,18)(H,15,16). The fourth-order valence-electron chi connectivity index (χ4n) is 1.46. The van der Waals surface area contributed by atoms with E-state index in [-0.39, 0.29) is 5.91 Å². The molecule has 0 aliphatic heterocycles. The van der Waals surface area contributed by atoms with Crippen LogP contribution in [0.4, 0.5) is 0 Å². The number of carbonyl (C=O) groups excluding carboxylic acids is 1. The van der Waals surface area contributed by atoms with Crippen molar-refractivity contribution in [2.45, 2.75) is 19.3 Å². The Morgan fingerprint density at radius 2 is 2.00 bits per heavy atom. The van der Waals surface area contributed by atoms with Gasteiger partial charge in [-0.3, -0.25) is 4.79 Å². The Labute approximate surface area is 113 Å². The minimum absolute atomic E-state index is 0.0158. The lowest BCUT2D eigenvalue weighted by molar-refractivity contribution is -0.120. The van der Waals surface area contributed by atoms with Gasteiger partial charge in [-0.25, -0.2) is 0 Å². The molecule has 1 rings (SSSR count). The fraction of sp³-hybridized carbons (Fsp3) is 0.385. The van der Waals surface area contributed by atoms with Crippen LogP contribution in [0.25, 0.3) is 0 Å². The van der Waals surface area contributed by atoms with Crippen LogP contribution in [-0.4, -0.2) is 24.6 Å². The number of thiocarbonyl (C=S) groups is 1. The fourth-order valence-corrected chi connectivity index (χ4v) is 1.57. The number of nitrogens with two attached hydrogens (primary N) is 1. The zero-order valence-corrected chi connectivity index (χ0v) is 11.3. The molecule has 0 aliphatic carbocycles. The molecule has 0 aromatic heterocycles. The molecule has 0 saturated carbocycles. The highest BCUT2D eigenvalue weighted by Crippen LogP contribution is 2.12. The van der Waals surface area contributed by atoms with Gasteiger partial charge in [0.2, 0.25) is 5.91 Å². The largest absolute Gasteiger partial charge is 0.497 e. The molecule has 18 heavy (non-hydrogen) atoms. The molecule has 0 heterocycles. The van der Waals surface area contributed by atoms with E-state index in [9.17, 15) is 4.79 Å². The van der Waals surface area contributed by atoms with Crippen LogP contribution in [0.5, 0.6) is 5.75 Å². The van der Waals surface area contributed by atoms with Gasteiger partial charge >= 0.3 is 0 Å². The molecule has 0 unspecified atom stereocenters. The summed E-state index contributed by atoms with van der Waals surface area (Å²) in [5, 5.41) is 2.78. The molecule has 0 radical (unpaired) electrons. The third kappa shape index (κ3) is 5.63. The molecule has 0 aliphatic rings. The first kappa shape index (κ1) is 14.4. The van der Waals surface area contributed by atoms with E-state index in [0.717, 1.165) is 11.3 Å². The van der Waals surface area contributed by atoms with E-state index in [1.165, 1.54) is 0 Å². The summed E-state index contributed by atoms with van der Waals surface area (Å²) in [6, 6.07) is 7.70. The van der Waals surface area contributed by atoms with Crippen LogP contribution in [0, 0.1) is 0 Å². The second-order valence-electron chi connectivity index (χ2n) is 3.91. The average Bonchev–Trinajstić information content (AvgIpc) is 2.36. The number of nitrogens with one attached hydrogen (secondary N) is 1. The van der Waals surface area contributed by atoms with Gasteiger partial charge in [0.1, 0.15) is 5.75 Å². The maximum atomic E-state index is 11.5. The SMILES string of the molecule is COc1ccc(CCC(=O)NCCC(N)=S)cc1. The van der Waals surface area contributed by atoms with Crippen molar-refractivity contribution >= 4 is 23.1 Å². The maximum Gasteiger partial charge on any atom is 0.220 e. The molecular weight excluding hydrogens is 248 g/mol.